The van der Waals surface area contributed by atoms with Crippen LogP contribution in [0.4, 0.5) is 4.39 Å². The highest BCUT2D eigenvalue weighted by atomic mass is 79.9. The largest absolute Gasteiger partial charge is 0.489 e. The fraction of sp³-hybridized carbons (Fsp3) is 0.133. The molecule has 0 saturated heterocycles. The van der Waals surface area contributed by atoms with Gasteiger partial charge in [-0.3, -0.25) is 0 Å². The van der Waals surface area contributed by atoms with Gasteiger partial charge in [-0.15, -0.1) is 0 Å². The number of benzene rings is 2. The highest BCUT2D eigenvalue weighted by molar-refractivity contribution is 9.10. The normalized spacial score (nSPS) is 11.4. The van der Waals surface area contributed by atoms with Crippen LogP contribution in [0.2, 0.25) is 0 Å². The van der Waals surface area contributed by atoms with Crippen molar-refractivity contribution in [3.8, 4) is 5.75 Å². The molecule has 0 heterocycles. The third-order valence-corrected chi connectivity index (χ3v) is 3.43. The zero-order valence-electron chi connectivity index (χ0n) is 11.1. The molecule has 0 spiro atoms. The molecular weight excluding hydrogens is 339 g/mol. The van der Waals surface area contributed by atoms with Crippen molar-refractivity contribution < 1.29 is 14.3 Å². The Bertz CT molecular complexity index is 645. The number of nitrogens with two attached hydrogens (primary N) is 1. The summed E-state index contributed by atoms with van der Waals surface area (Å²) in [6.45, 7) is 0.346. The van der Waals surface area contributed by atoms with Crippen LogP contribution in [0.3, 0.4) is 0 Å². The Hall–Kier alpha value is -2.08. The van der Waals surface area contributed by atoms with E-state index in [2.05, 4.69) is 21.1 Å². The molecule has 0 amide bonds. The molecule has 0 atom stereocenters. The maximum atomic E-state index is 13.1. The highest BCUT2D eigenvalue weighted by Crippen LogP contribution is 2.19. The lowest BCUT2D eigenvalue weighted by Gasteiger charge is -2.08. The van der Waals surface area contributed by atoms with Crippen molar-refractivity contribution in [2.75, 3.05) is 0 Å². The molecule has 0 unspecified atom stereocenters. The molecular formula is C15H14BrFN2O2. The average Bonchev–Trinajstić information content (AvgIpc) is 2.50. The van der Waals surface area contributed by atoms with E-state index in [-0.39, 0.29) is 11.7 Å². The molecule has 0 fully saturated rings. The second-order valence-electron chi connectivity index (χ2n) is 4.45. The lowest BCUT2D eigenvalue weighted by Crippen LogP contribution is -2.14. The first-order valence-electron chi connectivity index (χ1n) is 6.20. The molecule has 0 saturated carbocycles. The summed E-state index contributed by atoms with van der Waals surface area (Å²) in [6, 6.07) is 12.0. The van der Waals surface area contributed by atoms with E-state index >= 15 is 0 Å². The predicted octanol–water partition coefficient (Wildman–Crippen LogP) is 3.46. The number of hydrogen-bond donors (Lipinski definition) is 2. The minimum Gasteiger partial charge on any atom is -0.489 e. The number of hydrogen-bond acceptors (Lipinski definition) is 3. The number of nitrogens with zero attached hydrogens (tertiary/aromatic N) is 1. The maximum Gasteiger partial charge on any atom is 0.143 e. The number of rotatable bonds is 5. The SMILES string of the molecule is NC(Cc1ccc(OCc2ccc(F)c(Br)c2)cc1)=NO. The van der Waals surface area contributed by atoms with E-state index in [1.165, 1.54) is 6.07 Å². The van der Waals surface area contributed by atoms with Gasteiger partial charge in [-0.2, -0.15) is 0 Å². The quantitative estimate of drug-likeness (QED) is 0.374. The van der Waals surface area contributed by atoms with Crippen molar-refractivity contribution in [2.24, 2.45) is 10.9 Å². The van der Waals surface area contributed by atoms with Crippen LogP contribution in [0.5, 0.6) is 5.75 Å². The summed E-state index contributed by atoms with van der Waals surface area (Å²) < 4.78 is 19.1. The monoisotopic (exact) mass is 352 g/mol. The summed E-state index contributed by atoms with van der Waals surface area (Å²) in [5, 5.41) is 11.4. The first-order valence-corrected chi connectivity index (χ1v) is 7.00. The Balaban J connectivity index is 1.95. The zero-order chi connectivity index (χ0) is 15.2. The molecule has 0 aliphatic rings. The van der Waals surface area contributed by atoms with Gasteiger partial charge in [0.25, 0.3) is 0 Å². The standard InChI is InChI=1S/C15H14BrFN2O2/c16-13-7-11(3-6-14(13)17)9-21-12-4-1-10(2-5-12)8-15(18)19-20/h1-7,20H,8-9H2,(H2,18,19). The number of halogens is 2. The molecule has 4 nitrogen and oxygen atoms in total. The molecule has 0 aliphatic carbocycles. The van der Waals surface area contributed by atoms with Crippen molar-refractivity contribution in [2.45, 2.75) is 13.0 Å². The Labute approximate surface area is 130 Å². The van der Waals surface area contributed by atoms with Crippen molar-refractivity contribution >= 4 is 21.8 Å². The lowest BCUT2D eigenvalue weighted by atomic mass is 10.1. The highest BCUT2D eigenvalue weighted by Gasteiger charge is 2.02. The van der Waals surface area contributed by atoms with Crippen LogP contribution in [-0.4, -0.2) is 11.0 Å². The van der Waals surface area contributed by atoms with Gasteiger partial charge in [0, 0.05) is 6.42 Å². The van der Waals surface area contributed by atoms with Gasteiger partial charge in [-0.05, 0) is 51.3 Å². The molecule has 2 aromatic rings. The molecule has 2 aromatic carbocycles. The first-order chi connectivity index (χ1) is 10.1. The third-order valence-electron chi connectivity index (χ3n) is 2.83. The molecule has 2 rings (SSSR count). The van der Waals surface area contributed by atoms with Crippen LogP contribution in [0.1, 0.15) is 11.1 Å². The minimum absolute atomic E-state index is 0.153. The topological polar surface area (TPSA) is 67.8 Å². The van der Waals surface area contributed by atoms with Gasteiger partial charge in [0.2, 0.25) is 0 Å². The Morgan fingerprint density at radius 1 is 1.19 bits per heavy atom. The summed E-state index contributed by atoms with van der Waals surface area (Å²) in [6.07, 6.45) is 0.377. The average molecular weight is 353 g/mol. The van der Waals surface area contributed by atoms with Crippen molar-refractivity contribution in [1.82, 2.24) is 0 Å². The molecule has 21 heavy (non-hydrogen) atoms. The van der Waals surface area contributed by atoms with Gasteiger partial charge in [-0.25, -0.2) is 4.39 Å². The van der Waals surface area contributed by atoms with Crippen LogP contribution < -0.4 is 10.5 Å². The minimum atomic E-state index is -0.300. The Morgan fingerprint density at radius 2 is 1.86 bits per heavy atom. The van der Waals surface area contributed by atoms with Crippen LogP contribution in [0.25, 0.3) is 0 Å². The number of ether oxygens (including phenoxy) is 1. The van der Waals surface area contributed by atoms with Gasteiger partial charge < -0.3 is 15.7 Å². The Morgan fingerprint density at radius 3 is 2.48 bits per heavy atom. The van der Waals surface area contributed by atoms with Gasteiger partial charge in [0.15, 0.2) is 0 Å². The van der Waals surface area contributed by atoms with E-state index in [9.17, 15) is 4.39 Å². The third kappa shape index (κ3) is 4.46. The molecule has 0 bridgehead atoms. The van der Waals surface area contributed by atoms with Gasteiger partial charge in [0.05, 0.1) is 4.47 Å². The first kappa shape index (κ1) is 15.3. The van der Waals surface area contributed by atoms with Crippen molar-refractivity contribution in [3.05, 3.63) is 63.9 Å². The summed E-state index contributed by atoms with van der Waals surface area (Å²) in [7, 11) is 0. The van der Waals surface area contributed by atoms with Crippen molar-refractivity contribution in [3.63, 3.8) is 0 Å². The van der Waals surface area contributed by atoms with E-state index in [1.807, 2.05) is 12.1 Å². The van der Waals surface area contributed by atoms with Gasteiger partial charge in [-0.1, -0.05) is 23.4 Å². The smallest absolute Gasteiger partial charge is 0.143 e. The molecule has 0 aromatic heterocycles. The zero-order valence-corrected chi connectivity index (χ0v) is 12.7. The summed E-state index contributed by atoms with van der Waals surface area (Å²) >= 11 is 3.14. The van der Waals surface area contributed by atoms with E-state index in [0.717, 1.165) is 11.1 Å². The van der Waals surface area contributed by atoms with Crippen molar-refractivity contribution in [1.29, 1.82) is 0 Å². The van der Waals surface area contributed by atoms with E-state index < -0.39 is 0 Å². The summed E-state index contributed by atoms with van der Waals surface area (Å²) in [5.41, 5.74) is 7.22. The summed E-state index contributed by atoms with van der Waals surface area (Å²) in [4.78, 5) is 0. The number of oxime groups is 1. The van der Waals surface area contributed by atoms with E-state index in [1.54, 1.807) is 24.3 Å². The fourth-order valence-electron chi connectivity index (χ4n) is 1.74. The van der Waals surface area contributed by atoms with Crippen LogP contribution in [0, 0.1) is 5.82 Å². The van der Waals surface area contributed by atoms with Crippen LogP contribution in [0.15, 0.2) is 52.1 Å². The van der Waals surface area contributed by atoms with Gasteiger partial charge >= 0.3 is 0 Å². The van der Waals surface area contributed by atoms with Crippen LogP contribution >= 0.6 is 15.9 Å². The molecule has 110 valence electrons. The maximum absolute atomic E-state index is 13.1. The van der Waals surface area contributed by atoms with Crippen LogP contribution in [-0.2, 0) is 13.0 Å². The molecule has 0 aliphatic heterocycles. The molecule has 0 radical (unpaired) electrons. The number of amidine groups is 1. The van der Waals surface area contributed by atoms with Gasteiger partial charge in [0.1, 0.15) is 24.0 Å². The predicted molar refractivity (Wildman–Crippen MR) is 82.0 cm³/mol. The lowest BCUT2D eigenvalue weighted by molar-refractivity contribution is 0.306. The molecule has 6 heteroatoms. The van der Waals surface area contributed by atoms with E-state index in [0.29, 0.717) is 23.2 Å². The molecule has 3 N–H and O–H groups in total. The summed E-state index contributed by atoms with van der Waals surface area (Å²) in [5.74, 6) is 0.546. The second kappa shape index (κ2) is 7.08. The second-order valence-corrected chi connectivity index (χ2v) is 5.30. The Kier molecular flexibility index (Phi) is 5.16. The fourth-order valence-corrected chi connectivity index (χ4v) is 2.17. The van der Waals surface area contributed by atoms with E-state index in [4.69, 9.17) is 15.7 Å².